The van der Waals surface area contributed by atoms with Crippen LogP contribution in [0.3, 0.4) is 0 Å². The van der Waals surface area contributed by atoms with Gasteiger partial charge in [0.2, 0.25) is 33.7 Å². The van der Waals surface area contributed by atoms with E-state index in [-0.39, 0.29) is 54.7 Å². The van der Waals surface area contributed by atoms with Crippen LogP contribution < -0.4 is 26.6 Å². The van der Waals surface area contributed by atoms with Gasteiger partial charge in [-0.3, -0.25) is 19.2 Å². The predicted octanol–water partition coefficient (Wildman–Crippen LogP) is 4.98. The Hall–Kier alpha value is -5.23. The fraction of sp³-hybridized carbons (Fsp3) is 0.640. The van der Waals surface area contributed by atoms with Gasteiger partial charge in [-0.2, -0.15) is 0 Å². The van der Waals surface area contributed by atoms with E-state index in [9.17, 15) is 37.2 Å². The molecule has 0 aromatic heterocycles. The Morgan fingerprint density at radius 1 is 0.662 bits per heavy atom. The highest BCUT2D eigenvalue weighted by molar-refractivity contribution is 7.90. The number of sulfonamides is 1. The number of amides is 6. The minimum atomic E-state index is -3.27. The first-order valence-electron chi connectivity index (χ1n) is 24.1. The van der Waals surface area contributed by atoms with Crippen molar-refractivity contribution >= 4 is 45.8 Å². The number of benzene rings is 2. The number of rotatable bonds is 21. The SMILES string of the molecule is CC(C)C[C@@H](NC(=O)[C@@H](Cc1ccccc1)NC(=O)[C@@H](Cc1ccccc1)NC(=O)OC(C)(C)C)C(=O)N[C@H](CCCCNC(=O)OC(C)(C)C)C(=O)N1CCC2(CC1)CN(S(=O)(=O)C1CC1)C2. The van der Waals surface area contributed by atoms with Gasteiger partial charge in [0.25, 0.3) is 0 Å². The molecule has 1 saturated carbocycles. The normalized spacial score (nSPS) is 18.0. The number of alkyl carbamates (subject to hydrolysis) is 2. The molecule has 5 N–H and O–H groups in total. The van der Waals surface area contributed by atoms with E-state index >= 15 is 0 Å². The van der Waals surface area contributed by atoms with Gasteiger partial charge in [0.15, 0.2) is 0 Å². The molecular formula is C50H75N7O10S. The van der Waals surface area contributed by atoms with Crippen LogP contribution in [-0.2, 0) is 51.5 Å². The molecule has 3 aliphatic rings. The molecule has 2 heterocycles. The fourth-order valence-corrected chi connectivity index (χ4v) is 10.6. The summed E-state index contributed by atoms with van der Waals surface area (Å²) in [5.41, 5.74) is -0.175. The van der Waals surface area contributed by atoms with Crippen molar-refractivity contribution in [3.8, 4) is 0 Å². The summed E-state index contributed by atoms with van der Waals surface area (Å²) in [4.78, 5) is 84.5. The second kappa shape index (κ2) is 23.4. The van der Waals surface area contributed by atoms with E-state index in [4.69, 9.17) is 9.47 Å². The zero-order chi connectivity index (χ0) is 49.9. The van der Waals surface area contributed by atoms with Crippen LogP contribution in [0.15, 0.2) is 60.7 Å². The van der Waals surface area contributed by atoms with Crippen molar-refractivity contribution in [3.63, 3.8) is 0 Å². The third-order valence-corrected chi connectivity index (χ3v) is 14.5. The molecule has 4 atom stereocenters. The lowest BCUT2D eigenvalue weighted by molar-refractivity contribution is -0.140. The van der Waals surface area contributed by atoms with Gasteiger partial charge in [0.1, 0.15) is 35.4 Å². The molecule has 18 heteroatoms. The molecule has 2 aromatic rings. The number of unbranched alkanes of at least 4 members (excludes halogenated alkanes) is 1. The number of carbonyl (C=O) groups is 6. The van der Waals surface area contributed by atoms with Gasteiger partial charge in [-0.05, 0) is 110 Å². The van der Waals surface area contributed by atoms with Crippen molar-refractivity contribution in [3.05, 3.63) is 71.8 Å². The lowest BCUT2D eigenvalue weighted by Crippen LogP contribution is -2.63. The first-order valence-corrected chi connectivity index (χ1v) is 25.7. The Balaban J connectivity index is 1.31. The van der Waals surface area contributed by atoms with Gasteiger partial charge in [0, 0.05) is 51.0 Å². The van der Waals surface area contributed by atoms with Crippen molar-refractivity contribution in [1.82, 2.24) is 35.8 Å². The third kappa shape index (κ3) is 16.8. The zero-order valence-corrected chi connectivity index (χ0v) is 42.0. The number of piperidine rings is 1. The number of carbonyl (C=O) groups excluding carboxylic acids is 6. The van der Waals surface area contributed by atoms with Crippen molar-refractivity contribution in [2.45, 2.75) is 160 Å². The van der Waals surface area contributed by atoms with Gasteiger partial charge < -0.3 is 41.0 Å². The molecule has 5 rings (SSSR count). The number of likely N-dealkylation sites (tertiary alicyclic amines) is 1. The summed E-state index contributed by atoms with van der Waals surface area (Å²) in [6.45, 7) is 16.3. The molecule has 6 amide bonds. The van der Waals surface area contributed by atoms with Gasteiger partial charge in [-0.25, -0.2) is 22.3 Å². The third-order valence-electron chi connectivity index (χ3n) is 12.2. The van der Waals surface area contributed by atoms with Gasteiger partial charge in [-0.1, -0.05) is 74.5 Å². The topological polar surface area (TPSA) is 222 Å². The number of hydrogen-bond acceptors (Lipinski definition) is 10. The standard InChI is InChI=1S/C50H75N7O10S/c1-34(2)29-39(53-43(59)40(30-35-17-11-9-12-18-35)54-44(60)41(31-36-19-13-10-14-20-36)55-47(63)67-49(6,7)8)42(58)52-38(21-15-16-26-51-46(62)66-48(3,4)5)45(61)56-27-24-50(25-28-56)32-57(33-50)68(64,65)37-22-23-37/h9-14,17-20,34,37-41H,15-16,21-33H2,1-8H3,(H,51,62)(H,52,58)(H,53,59)(H,54,60)(H,55,63)/t38-,39-,40-,41-/m1/s1. The fourth-order valence-electron chi connectivity index (χ4n) is 8.52. The number of nitrogens with one attached hydrogen (secondary N) is 5. The summed E-state index contributed by atoms with van der Waals surface area (Å²) >= 11 is 0. The Kier molecular flexibility index (Phi) is 18.5. The molecule has 0 bridgehead atoms. The first kappa shape index (κ1) is 53.7. The predicted molar refractivity (Wildman–Crippen MR) is 259 cm³/mol. The average molecular weight is 966 g/mol. The maximum Gasteiger partial charge on any atom is 0.408 e. The van der Waals surface area contributed by atoms with Crippen molar-refractivity contribution in [2.75, 3.05) is 32.7 Å². The van der Waals surface area contributed by atoms with E-state index in [2.05, 4.69) is 26.6 Å². The Morgan fingerprint density at radius 3 is 1.63 bits per heavy atom. The second-order valence-electron chi connectivity index (χ2n) is 21.2. The highest BCUT2D eigenvalue weighted by atomic mass is 32.2. The van der Waals surface area contributed by atoms with Crippen LogP contribution in [0.4, 0.5) is 9.59 Å². The number of nitrogens with zero attached hydrogens (tertiary/aromatic N) is 2. The van der Waals surface area contributed by atoms with Crippen LogP contribution in [0.2, 0.25) is 0 Å². The van der Waals surface area contributed by atoms with E-state index < -0.39 is 75.3 Å². The summed E-state index contributed by atoms with van der Waals surface area (Å²) < 4.78 is 38.1. The highest BCUT2D eigenvalue weighted by Gasteiger charge is 2.53. The summed E-state index contributed by atoms with van der Waals surface area (Å²) in [5.74, 6) is -2.17. The van der Waals surface area contributed by atoms with Crippen LogP contribution in [0.5, 0.6) is 0 Å². The molecule has 1 spiro atoms. The molecule has 2 aliphatic heterocycles. The lowest BCUT2D eigenvalue weighted by atomic mass is 9.73. The molecular weight excluding hydrogens is 891 g/mol. The number of hydrogen-bond donors (Lipinski definition) is 5. The van der Waals surface area contributed by atoms with E-state index in [1.54, 1.807) is 50.7 Å². The van der Waals surface area contributed by atoms with Crippen LogP contribution in [-0.4, -0.2) is 127 Å². The van der Waals surface area contributed by atoms with Crippen LogP contribution >= 0.6 is 0 Å². The quantitative estimate of drug-likeness (QED) is 0.106. The molecule has 2 saturated heterocycles. The summed E-state index contributed by atoms with van der Waals surface area (Å²) in [6, 6.07) is 13.9. The lowest BCUT2D eigenvalue weighted by Gasteiger charge is -2.53. The van der Waals surface area contributed by atoms with E-state index in [1.165, 1.54) is 0 Å². The maximum atomic E-state index is 14.5. The van der Waals surface area contributed by atoms with E-state index in [0.717, 1.165) is 11.1 Å². The molecule has 3 fully saturated rings. The van der Waals surface area contributed by atoms with Crippen LogP contribution in [0.25, 0.3) is 0 Å². The molecule has 17 nitrogen and oxygen atoms in total. The van der Waals surface area contributed by atoms with E-state index in [0.29, 0.717) is 64.7 Å². The number of ether oxygens (including phenoxy) is 2. The largest absolute Gasteiger partial charge is 0.444 e. The Morgan fingerprint density at radius 2 is 1.13 bits per heavy atom. The molecule has 68 heavy (non-hydrogen) atoms. The minimum absolute atomic E-state index is 0.0675. The first-order chi connectivity index (χ1) is 31.9. The van der Waals surface area contributed by atoms with Crippen molar-refractivity contribution in [1.29, 1.82) is 0 Å². The molecule has 1 aliphatic carbocycles. The highest BCUT2D eigenvalue weighted by Crippen LogP contribution is 2.45. The smallest absolute Gasteiger partial charge is 0.408 e. The van der Waals surface area contributed by atoms with Crippen molar-refractivity contribution in [2.24, 2.45) is 11.3 Å². The zero-order valence-electron chi connectivity index (χ0n) is 41.2. The molecule has 2 aromatic carbocycles. The monoisotopic (exact) mass is 966 g/mol. The van der Waals surface area contributed by atoms with Gasteiger partial charge in [0.05, 0.1) is 5.25 Å². The Bertz CT molecular complexity index is 2140. The average Bonchev–Trinajstić information content (AvgIpc) is 4.10. The Labute approximate surface area is 403 Å². The molecule has 0 radical (unpaired) electrons. The second-order valence-corrected chi connectivity index (χ2v) is 23.4. The van der Waals surface area contributed by atoms with Crippen molar-refractivity contribution < 1.29 is 46.7 Å². The molecule has 0 unspecified atom stereocenters. The summed E-state index contributed by atoms with van der Waals surface area (Å²) in [5, 5.41) is 13.9. The summed E-state index contributed by atoms with van der Waals surface area (Å²) in [6.07, 6.45) is 2.92. The van der Waals surface area contributed by atoms with Crippen LogP contribution in [0, 0.1) is 11.3 Å². The van der Waals surface area contributed by atoms with E-state index in [1.807, 2.05) is 74.5 Å². The summed E-state index contributed by atoms with van der Waals surface area (Å²) in [7, 11) is -3.27. The minimum Gasteiger partial charge on any atom is -0.444 e. The molecule has 376 valence electrons. The van der Waals surface area contributed by atoms with Gasteiger partial charge >= 0.3 is 12.2 Å². The van der Waals surface area contributed by atoms with Gasteiger partial charge in [-0.15, -0.1) is 0 Å². The maximum absolute atomic E-state index is 14.5. The van der Waals surface area contributed by atoms with Crippen LogP contribution in [0.1, 0.15) is 118 Å².